The first-order valence-corrected chi connectivity index (χ1v) is 6.94. The lowest BCUT2D eigenvalue weighted by Gasteiger charge is -2.20. The fourth-order valence-electron chi connectivity index (χ4n) is 2.48. The molecule has 0 amide bonds. The molecule has 1 aliphatic rings. The van der Waals surface area contributed by atoms with Crippen molar-refractivity contribution in [2.75, 3.05) is 0 Å². The van der Waals surface area contributed by atoms with Gasteiger partial charge in [-0.25, -0.2) is 4.39 Å². The van der Waals surface area contributed by atoms with Crippen molar-refractivity contribution in [3.63, 3.8) is 0 Å². The van der Waals surface area contributed by atoms with Crippen LogP contribution in [0.4, 0.5) is 4.39 Å². The maximum atomic E-state index is 13.6. The Hall–Kier alpha value is -0.700. The van der Waals surface area contributed by atoms with Gasteiger partial charge in [0, 0.05) is 10.9 Å². The quantitative estimate of drug-likeness (QED) is 0.737. The molecule has 0 N–H and O–H groups in total. The second-order valence-electron chi connectivity index (χ2n) is 4.76. The number of hydrogen-bond acceptors (Lipinski definition) is 1. The molecule has 0 aromatic heterocycles. The van der Waals surface area contributed by atoms with Gasteiger partial charge in [-0.15, -0.1) is 0 Å². The van der Waals surface area contributed by atoms with E-state index in [1.165, 1.54) is 25.3 Å². The van der Waals surface area contributed by atoms with Crippen LogP contribution in [0.2, 0.25) is 0 Å². The molecule has 0 heterocycles. The molecule has 17 heavy (non-hydrogen) atoms. The van der Waals surface area contributed by atoms with Crippen molar-refractivity contribution in [2.24, 2.45) is 5.92 Å². The lowest BCUT2D eigenvalue weighted by Crippen LogP contribution is -2.13. The van der Waals surface area contributed by atoms with Gasteiger partial charge in [-0.05, 0) is 24.1 Å². The van der Waals surface area contributed by atoms with Gasteiger partial charge in [-0.2, -0.15) is 0 Å². The molecular weight excluding hydrogens is 283 g/mol. The summed E-state index contributed by atoms with van der Waals surface area (Å²) in [7, 11) is 0. The van der Waals surface area contributed by atoms with E-state index in [2.05, 4.69) is 15.9 Å². The van der Waals surface area contributed by atoms with E-state index in [1.807, 2.05) is 0 Å². The van der Waals surface area contributed by atoms with E-state index in [0.717, 1.165) is 12.8 Å². The van der Waals surface area contributed by atoms with Crippen LogP contribution in [0.15, 0.2) is 22.7 Å². The minimum atomic E-state index is -0.416. The molecule has 1 aromatic rings. The largest absolute Gasteiger partial charge is 0.294 e. The first-order chi connectivity index (χ1) is 8.16. The zero-order valence-electron chi connectivity index (χ0n) is 9.72. The summed E-state index contributed by atoms with van der Waals surface area (Å²) >= 11 is 3.19. The van der Waals surface area contributed by atoms with Crippen LogP contribution in [0.25, 0.3) is 0 Å². The second-order valence-corrected chi connectivity index (χ2v) is 5.67. The molecule has 1 saturated carbocycles. The molecule has 0 saturated heterocycles. The first-order valence-electron chi connectivity index (χ1n) is 6.15. The van der Waals surface area contributed by atoms with Crippen LogP contribution < -0.4 is 0 Å². The van der Waals surface area contributed by atoms with Gasteiger partial charge >= 0.3 is 0 Å². The van der Waals surface area contributed by atoms with E-state index in [1.54, 1.807) is 12.1 Å². The third-order valence-corrected chi connectivity index (χ3v) is 3.92. The van der Waals surface area contributed by atoms with E-state index >= 15 is 0 Å². The number of Topliss-reactive ketones (excluding diaryl/α,β-unsaturated/α-hetero) is 1. The Labute approximate surface area is 110 Å². The zero-order valence-corrected chi connectivity index (χ0v) is 11.3. The summed E-state index contributed by atoms with van der Waals surface area (Å²) in [5.41, 5.74) is 0.235. The fourth-order valence-corrected chi connectivity index (χ4v) is 2.81. The van der Waals surface area contributed by atoms with Gasteiger partial charge < -0.3 is 0 Å². The van der Waals surface area contributed by atoms with E-state index < -0.39 is 5.82 Å². The predicted molar refractivity (Wildman–Crippen MR) is 69.6 cm³/mol. The van der Waals surface area contributed by atoms with Crippen molar-refractivity contribution in [1.82, 2.24) is 0 Å². The Bertz CT molecular complexity index is 411. The topological polar surface area (TPSA) is 17.1 Å². The van der Waals surface area contributed by atoms with Crippen molar-refractivity contribution in [3.05, 3.63) is 34.1 Å². The Balaban J connectivity index is 2.03. The van der Waals surface area contributed by atoms with Crippen LogP contribution in [0, 0.1) is 11.7 Å². The normalized spacial score (nSPS) is 17.1. The molecule has 1 aromatic carbocycles. The minimum Gasteiger partial charge on any atom is -0.294 e. The summed E-state index contributed by atoms with van der Waals surface area (Å²) in [5.74, 6) is -0.0126. The molecule has 1 nitrogen and oxygen atoms in total. The SMILES string of the molecule is O=C(CC1CCCCC1)c1ccc(Br)cc1F. The highest BCUT2D eigenvalue weighted by molar-refractivity contribution is 9.10. The summed E-state index contributed by atoms with van der Waals surface area (Å²) in [6, 6.07) is 4.65. The molecule has 92 valence electrons. The summed E-state index contributed by atoms with van der Waals surface area (Å²) in [6.07, 6.45) is 6.42. The number of carbonyl (C=O) groups is 1. The fraction of sp³-hybridized carbons (Fsp3) is 0.500. The van der Waals surface area contributed by atoms with Gasteiger partial charge in [0.05, 0.1) is 5.56 Å². The van der Waals surface area contributed by atoms with Gasteiger partial charge in [0.1, 0.15) is 5.82 Å². The van der Waals surface area contributed by atoms with Crippen LogP contribution in [0.5, 0.6) is 0 Å². The third-order valence-electron chi connectivity index (χ3n) is 3.43. The highest BCUT2D eigenvalue weighted by Gasteiger charge is 2.19. The Morgan fingerprint density at radius 3 is 2.65 bits per heavy atom. The zero-order chi connectivity index (χ0) is 12.3. The predicted octanol–water partition coefficient (Wildman–Crippen LogP) is 4.74. The molecule has 0 bridgehead atoms. The minimum absolute atomic E-state index is 0.0538. The van der Waals surface area contributed by atoms with Crippen molar-refractivity contribution >= 4 is 21.7 Å². The van der Waals surface area contributed by atoms with Crippen molar-refractivity contribution in [1.29, 1.82) is 0 Å². The molecule has 1 fully saturated rings. The molecule has 0 atom stereocenters. The first kappa shape index (κ1) is 12.7. The average molecular weight is 299 g/mol. The summed E-state index contributed by atoms with van der Waals surface area (Å²) in [5, 5.41) is 0. The Morgan fingerprint density at radius 2 is 2.00 bits per heavy atom. The van der Waals surface area contributed by atoms with Crippen LogP contribution in [0.3, 0.4) is 0 Å². The number of halogens is 2. The van der Waals surface area contributed by atoms with Crippen molar-refractivity contribution in [3.8, 4) is 0 Å². The molecular formula is C14H16BrFO. The highest BCUT2D eigenvalue weighted by Crippen LogP contribution is 2.28. The van der Waals surface area contributed by atoms with Gasteiger partial charge in [0.15, 0.2) is 5.78 Å². The maximum Gasteiger partial charge on any atom is 0.166 e. The molecule has 0 aliphatic heterocycles. The van der Waals surface area contributed by atoms with Crippen LogP contribution in [-0.4, -0.2) is 5.78 Å². The van der Waals surface area contributed by atoms with Crippen LogP contribution >= 0.6 is 15.9 Å². The Kier molecular flexibility index (Phi) is 4.32. The lowest BCUT2D eigenvalue weighted by molar-refractivity contribution is 0.0946. The van der Waals surface area contributed by atoms with Crippen LogP contribution in [0.1, 0.15) is 48.9 Å². The molecule has 3 heteroatoms. The average Bonchev–Trinajstić information content (AvgIpc) is 2.30. The maximum absolute atomic E-state index is 13.6. The highest BCUT2D eigenvalue weighted by atomic mass is 79.9. The van der Waals surface area contributed by atoms with Crippen LogP contribution in [-0.2, 0) is 0 Å². The van der Waals surface area contributed by atoms with E-state index in [4.69, 9.17) is 0 Å². The number of benzene rings is 1. The van der Waals surface area contributed by atoms with Gasteiger partial charge in [-0.1, -0.05) is 48.0 Å². The van der Waals surface area contributed by atoms with Gasteiger partial charge in [0.2, 0.25) is 0 Å². The summed E-state index contributed by atoms with van der Waals surface area (Å²) in [4.78, 5) is 12.0. The molecule has 1 aliphatic carbocycles. The molecule has 0 unspecified atom stereocenters. The molecule has 2 rings (SSSR count). The van der Waals surface area contributed by atoms with E-state index in [0.29, 0.717) is 16.8 Å². The van der Waals surface area contributed by atoms with Gasteiger partial charge in [0.25, 0.3) is 0 Å². The van der Waals surface area contributed by atoms with Gasteiger partial charge in [-0.3, -0.25) is 4.79 Å². The van der Waals surface area contributed by atoms with Crippen molar-refractivity contribution < 1.29 is 9.18 Å². The standard InChI is InChI=1S/C14H16BrFO/c15-11-6-7-12(13(16)9-11)14(17)8-10-4-2-1-3-5-10/h6-7,9-10H,1-5,8H2. The van der Waals surface area contributed by atoms with E-state index in [-0.39, 0.29) is 11.3 Å². The Morgan fingerprint density at radius 1 is 1.29 bits per heavy atom. The summed E-state index contributed by atoms with van der Waals surface area (Å²) in [6.45, 7) is 0. The number of hydrogen-bond donors (Lipinski definition) is 0. The lowest BCUT2D eigenvalue weighted by atomic mass is 9.85. The molecule has 0 radical (unpaired) electrons. The molecule has 0 spiro atoms. The summed E-state index contributed by atoms with van der Waals surface area (Å²) < 4.78 is 14.3. The van der Waals surface area contributed by atoms with E-state index in [9.17, 15) is 9.18 Å². The van der Waals surface area contributed by atoms with Crippen molar-refractivity contribution in [2.45, 2.75) is 38.5 Å². The number of carbonyl (C=O) groups excluding carboxylic acids is 1. The monoisotopic (exact) mass is 298 g/mol. The number of rotatable bonds is 3. The third kappa shape index (κ3) is 3.38. The smallest absolute Gasteiger partial charge is 0.166 e. The second kappa shape index (κ2) is 5.76. The number of ketones is 1.